The SMILES string of the molecule is CNc1cc(Cl)nc2c(C(=O)NC3CCn4ccnc43)cnn12. The largest absolute Gasteiger partial charge is 0.373 e. The standard InChI is InChI=1S/C14H14ClN7O/c1-16-11-6-10(15)20-12-8(7-18-22(11)12)14(23)19-9-2-4-21-5-3-17-13(9)21/h3,5-7,9,16H,2,4H2,1H3,(H,19,23). The molecule has 1 amide bonds. The summed E-state index contributed by atoms with van der Waals surface area (Å²) in [5.41, 5.74) is 0.801. The minimum absolute atomic E-state index is 0.101. The predicted octanol–water partition coefficient (Wildman–Crippen LogP) is 1.50. The van der Waals surface area contributed by atoms with E-state index in [1.165, 1.54) is 6.20 Å². The first-order valence-electron chi connectivity index (χ1n) is 7.21. The topological polar surface area (TPSA) is 89.1 Å². The fraction of sp³-hybridized carbons (Fsp3) is 0.286. The Labute approximate surface area is 136 Å². The normalized spacial score (nSPS) is 16.5. The van der Waals surface area contributed by atoms with Crippen molar-refractivity contribution in [2.45, 2.75) is 19.0 Å². The Kier molecular flexibility index (Phi) is 3.19. The second-order valence-corrected chi connectivity index (χ2v) is 5.69. The van der Waals surface area contributed by atoms with Gasteiger partial charge in [-0.3, -0.25) is 4.79 Å². The fourth-order valence-corrected chi connectivity index (χ4v) is 3.04. The summed E-state index contributed by atoms with van der Waals surface area (Å²) in [5.74, 6) is 1.30. The molecule has 2 N–H and O–H groups in total. The number of fused-ring (bicyclic) bond motifs is 2. The lowest BCUT2D eigenvalue weighted by molar-refractivity contribution is 0.0937. The van der Waals surface area contributed by atoms with Gasteiger partial charge in [0.15, 0.2) is 5.65 Å². The van der Waals surface area contributed by atoms with Crippen molar-refractivity contribution >= 4 is 29.0 Å². The van der Waals surface area contributed by atoms with Crippen molar-refractivity contribution in [1.29, 1.82) is 0 Å². The number of imidazole rings is 1. The maximum absolute atomic E-state index is 12.6. The number of amides is 1. The van der Waals surface area contributed by atoms with Crippen LogP contribution in [-0.4, -0.2) is 37.1 Å². The summed E-state index contributed by atoms with van der Waals surface area (Å²) in [6.45, 7) is 0.850. The second kappa shape index (κ2) is 5.24. The summed E-state index contributed by atoms with van der Waals surface area (Å²) in [4.78, 5) is 21.1. The van der Waals surface area contributed by atoms with Crippen LogP contribution in [0, 0.1) is 0 Å². The number of anilines is 1. The minimum Gasteiger partial charge on any atom is -0.373 e. The van der Waals surface area contributed by atoms with E-state index in [0.29, 0.717) is 22.2 Å². The van der Waals surface area contributed by atoms with Crippen LogP contribution in [0.25, 0.3) is 5.65 Å². The molecule has 0 spiro atoms. The number of aryl methyl sites for hydroxylation is 1. The minimum atomic E-state index is -0.238. The van der Waals surface area contributed by atoms with Crippen LogP contribution >= 0.6 is 11.6 Å². The molecule has 0 aliphatic carbocycles. The number of carbonyl (C=O) groups is 1. The van der Waals surface area contributed by atoms with Gasteiger partial charge >= 0.3 is 0 Å². The molecule has 0 aromatic carbocycles. The van der Waals surface area contributed by atoms with Gasteiger partial charge in [0.1, 0.15) is 22.4 Å². The lowest BCUT2D eigenvalue weighted by Gasteiger charge is -2.10. The molecule has 1 unspecified atom stereocenters. The highest BCUT2D eigenvalue weighted by Crippen LogP contribution is 2.25. The number of rotatable bonds is 3. The van der Waals surface area contributed by atoms with E-state index >= 15 is 0 Å². The van der Waals surface area contributed by atoms with Gasteiger partial charge in [-0.15, -0.1) is 0 Å². The molecule has 8 nitrogen and oxygen atoms in total. The molecule has 4 rings (SSSR count). The Bertz CT molecular complexity index is 900. The van der Waals surface area contributed by atoms with Gasteiger partial charge in [-0.1, -0.05) is 11.6 Å². The van der Waals surface area contributed by atoms with Crippen LogP contribution in [0.2, 0.25) is 5.15 Å². The highest BCUT2D eigenvalue weighted by molar-refractivity contribution is 6.29. The van der Waals surface area contributed by atoms with E-state index in [4.69, 9.17) is 11.6 Å². The van der Waals surface area contributed by atoms with Gasteiger partial charge in [0.05, 0.1) is 12.2 Å². The molecule has 0 radical (unpaired) electrons. The van der Waals surface area contributed by atoms with Crippen LogP contribution in [0.15, 0.2) is 24.7 Å². The van der Waals surface area contributed by atoms with Crippen LogP contribution in [0.5, 0.6) is 0 Å². The molecule has 0 fully saturated rings. The molecule has 1 aliphatic rings. The van der Waals surface area contributed by atoms with E-state index in [1.54, 1.807) is 23.8 Å². The van der Waals surface area contributed by atoms with Crippen molar-refractivity contribution in [3.63, 3.8) is 0 Å². The van der Waals surface area contributed by atoms with Gasteiger partial charge in [-0.05, 0) is 6.42 Å². The van der Waals surface area contributed by atoms with Crippen molar-refractivity contribution < 1.29 is 4.79 Å². The average Bonchev–Trinajstić information content (AvgIpc) is 3.22. The number of hydrogen-bond donors (Lipinski definition) is 2. The molecule has 3 aromatic rings. The van der Waals surface area contributed by atoms with Crippen LogP contribution in [0.1, 0.15) is 28.6 Å². The Hall–Kier alpha value is -2.61. The lowest BCUT2D eigenvalue weighted by Crippen LogP contribution is -2.27. The Balaban J connectivity index is 1.67. The molecule has 0 bridgehead atoms. The summed E-state index contributed by atoms with van der Waals surface area (Å²) in [5, 5.41) is 10.5. The average molecular weight is 332 g/mol. The third kappa shape index (κ3) is 2.22. The molecular formula is C14H14ClN7O. The highest BCUT2D eigenvalue weighted by Gasteiger charge is 2.27. The number of carbonyl (C=O) groups excluding carboxylic acids is 1. The van der Waals surface area contributed by atoms with Crippen molar-refractivity contribution in [1.82, 2.24) is 29.5 Å². The third-order valence-electron chi connectivity index (χ3n) is 3.96. The van der Waals surface area contributed by atoms with Gasteiger partial charge in [-0.2, -0.15) is 9.61 Å². The predicted molar refractivity (Wildman–Crippen MR) is 84.6 cm³/mol. The molecule has 0 saturated carbocycles. The monoisotopic (exact) mass is 331 g/mol. The quantitative estimate of drug-likeness (QED) is 0.710. The van der Waals surface area contributed by atoms with Crippen molar-refractivity contribution in [3.05, 3.63) is 41.2 Å². The van der Waals surface area contributed by atoms with Crippen LogP contribution < -0.4 is 10.6 Å². The molecule has 3 aromatic heterocycles. The molecule has 4 heterocycles. The van der Waals surface area contributed by atoms with E-state index in [2.05, 4.69) is 25.7 Å². The Morgan fingerprint density at radius 2 is 2.35 bits per heavy atom. The van der Waals surface area contributed by atoms with Crippen molar-refractivity contribution in [3.8, 4) is 0 Å². The summed E-state index contributed by atoms with van der Waals surface area (Å²) >= 11 is 6.02. The number of nitrogens with one attached hydrogen (secondary N) is 2. The molecule has 1 atom stereocenters. The third-order valence-corrected chi connectivity index (χ3v) is 4.16. The van der Waals surface area contributed by atoms with Crippen LogP contribution in [-0.2, 0) is 6.54 Å². The number of halogens is 1. The molecule has 23 heavy (non-hydrogen) atoms. The number of hydrogen-bond acceptors (Lipinski definition) is 5. The summed E-state index contributed by atoms with van der Waals surface area (Å²) in [6, 6.07) is 1.55. The summed E-state index contributed by atoms with van der Waals surface area (Å²) in [7, 11) is 1.75. The lowest BCUT2D eigenvalue weighted by atomic mass is 10.2. The molecule has 118 valence electrons. The van der Waals surface area contributed by atoms with E-state index in [1.807, 2.05) is 10.8 Å². The van der Waals surface area contributed by atoms with Gasteiger partial charge in [0.25, 0.3) is 5.91 Å². The first-order valence-corrected chi connectivity index (χ1v) is 7.59. The van der Waals surface area contributed by atoms with Crippen molar-refractivity contribution in [2.75, 3.05) is 12.4 Å². The van der Waals surface area contributed by atoms with Gasteiger partial charge in [-0.25, -0.2) is 9.97 Å². The second-order valence-electron chi connectivity index (χ2n) is 5.30. The van der Waals surface area contributed by atoms with Crippen LogP contribution in [0.4, 0.5) is 5.82 Å². The zero-order valence-electron chi connectivity index (χ0n) is 12.3. The van der Waals surface area contributed by atoms with Gasteiger partial charge in [0.2, 0.25) is 0 Å². The first kappa shape index (κ1) is 14.0. The van der Waals surface area contributed by atoms with Crippen molar-refractivity contribution in [2.24, 2.45) is 0 Å². The van der Waals surface area contributed by atoms with E-state index < -0.39 is 0 Å². The summed E-state index contributed by atoms with van der Waals surface area (Å²) < 4.78 is 3.59. The number of aromatic nitrogens is 5. The zero-order valence-corrected chi connectivity index (χ0v) is 13.1. The molecule has 0 saturated heterocycles. The highest BCUT2D eigenvalue weighted by atomic mass is 35.5. The van der Waals surface area contributed by atoms with Crippen LogP contribution in [0.3, 0.4) is 0 Å². The Morgan fingerprint density at radius 3 is 3.17 bits per heavy atom. The Morgan fingerprint density at radius 1 is 1.48 bits per heavy atom. The molecular weight excluding hydrogens is 318 g/mol. The molecule has 1 aliphatic heterocycles. The maximum Gasteiger partial charge on any atom is 0.257 e. The van der Waals surface area contributed by atoms with Gasteiger partial charge < -0.3 is 15.2 Å². The first-order chi connectivity index (χ1) is 11.2. The van der Waals surface area contributed by atoms with E-state index in [-0.39, 0.29) is 11.9 Å². The van der Waals surface area contributed by atoms with Gasteiger partial charge in [0, 0.05) is 32.1 Å². The van der Waals surface area contributed by atoms with E-state index in [0.717, 1.165) is 18.8 Å². The zero-order chi connectivity index (χ0) is 16.0. The molecule has 9 heteroatoms. The smallest absolute Gasteiger partial charge is 0.257 e. The maximum atomic E-state index is 12.6. The fourth-order valence-electron chi connectivity index (χ4n) is 2.86. The number of nitrogens with zero attached hydrogens (tertiary/aromatic N) is 5. The summed E-state index contributed by atoms with van der Waals surface area (Å²) in [6.07, 6.45) is 5.97. The van der Waals surface area contributed by atoms with E-state index in [9.17, 15) is 4.79 Å².